The number of primary amides is 1. The molecule has 9 heteroatoms. The molecule has 0 radical (unpaired) electrons. The molecule has 2 aliphatic heterocycles. The molecule has 0 saturated carbocycles. The third-order valence-electron chi connectivity index (χ3n) is 7.40. The highest BCUT2D eigenvalue weighted by molar-refractivity contribution is 6.14. The third kappa shape index (κ3) is 4.41. The smallest absolute Gasteiger partial charge is 0.254 e. The number of nitrogens with one attached hydrogen (secondary N) is 1. The van der Waals surface area contributed by atoms with Crippen LogP contribution in [-0.2, 0) is 4.74 Å². The van der Waals surface area contributed by atoms with Gasteiger partial charge in [0.2, 0.25) is 0 Å². The number of ether oxygens (including phenoxy) is 1. The van der Waals surface area contributed by atoms with Crippen molar-refractivity contribution < 1.29 is 14.3 Å². The van der Waals surface area contributed by atoms with E-state index in [1.807, 2.05) is 30.3 Å². The number of likely N-dealkylation sites (N-methyl/N-ethyl adjacent to an activating group) is 1. The van der Waals surface area contributed by atoms with Gasteiger partial charge < -0.3 is 30.2 Å². The maximum absolute atomic E-state index is 13.0. The number of morpholine rings is 1. The number of aromatic amines is 1. The van der Waals surface area contributed by atoms with E-state index in [1.54, 1.807) is 11.0 Å². The Bertz CT molecular complexity index is 1480. The molecule has 2 saturated heterocycles. The van der Waals surface area contributed by atoms with Crippen molar-refractivity contribution in [3.63, 3.8) is 0 Å². The van der Waals surface area contributed by atoms with Crippen molar-refractivity contribution in [2.45, 2.75) is 0 Å². The molecule has 0 unspecified atom stereocenters. The number of hydrogen-bond donors (Lipinski definition) is 2. The van der Waals surface area contributed by atoms with Gasteiger partial charge in [0.05, 0.1) is 35.5 Å². The number of hydrogen-bond acceptors (Lipinski definition) is 6. The first-order valence-corrected chi connectivity index (χ1v) is 12.7. The van der Waals surface area contributed by atoms with Crippen LogP contribution < -0.4 is 10.6 Å². The van der Waals surface area contributed by atoms with Crippen LogP contribution in [0.25, 0.3) is 33.2 Å². The van der Waals surface area contributed by atoms with E-state index in [0.717, 1.165) is 42.6 Å². The average Bonchev–Trinajstić information content (AvgIpc) is 3.31. The minimum absolute atomic E-state index is 0.0342. The third-order valence-corrected chi connectivity index (χ3v) is 7.40. The number of H-pyrrole nitrogens is 1. The standard InChI is InChI=1S/C28H30N6O3/c1-32-8-10-33(11-9-32)20-5-2-18(3-6-20)23-17-22(27(29)35)26-25(30-23)21-7-4-19(16-24(21)31-26)28(36)34-12-14-37-15-13-34/h2-7,16-17,31H,8-15H2,1H3,(H2,29,35). The number of anilines is 1. The van der Waals surface area contributed by atoms with Crippen LogP contribution in [0, 0.1) is 0 Å². The van der Waals surface area contributed by atoms with Crippen molar-refractivity contribution in [1.29, 1.82) is 0 Å². The van der Waals surface area contributed by atoms with Gasteiger partial charge >= 0.3 is 0 Å². The van der Waals surface area contributed by atoms with Crippen molar-refractivity contribution in [1.82, 2.24) is 19.8 Å². The lowest BCUT2D eigenvalue weighted by Crippen LogP contribution is -2.44. The number of nitrogens with two attached hydrogens (primary N) is 1. The summed E-state index contributed by atoms with van der Waals surface area (Å²) < 4.78 is 5.36. The predicted octanol–water partition coefficient (Wildman–Crippen LogP) is 2.71. The van der Waals surface area contributed by atoms with Crippen LogP contribution in [0.5, 0.6) is 0 Å². The first kappa shape index (κ1) is 23.4. The van der Waals surface area contributed by atoms with E-state index in [9.17, 15) is 9.59 Å². The van der Waals surface area contributed by atoms with E-state index in [-0.39, 0.29) is 5.91 Å². The summed E-state index contributed by atoms with van der Waals surface area (Å²) in [6.07, 6.45) is 0. The van der Waals surface area contributed by atoms with Gasteiger partial charge in [-0.3, -0.25) is 9.59 Å². The summed E-state index contributed by atoms with van der Waals surface area (Å²) in [5, 5.41) is 0.840. The summed E-state index contributed by atoms with van der Waals surface area (Å²) in [7, 11) is 2.14. The van der Waals surface area contributed by atoms with Crippen LogP contribution in [0.1, 0.15) is 20.7 Å². The number of amides is 2. The molecule has 9 nitrogen and oxygen atoms in total. The highest BCUT2D eigenvalue weighted by Gasteiger charge is 2.21. The molecule has 4 heterocycles. The Morgan fingerprint density at radius 3 is 2.38 bits per heavy atom. The average molecular weight is 499 g/mol. The molecule has 6 rings (SSSR count). The first-order chi connectivity index (χ1) is 18.0. The molecule has 2 aliphatic rings. The largest absolute Gasteiger partial charge is 0.378 e. The van der Waals surface area contributed by atoms with E-state index in [1.165, 1.54) is 5.69 Å². The minimum Gasteiger partial charge on any atom is -0.378 e. The molecule has 0 spiro atoms. The SMILES string of the molecule is CN1CCN(c2ccc(-c3cc(C(N)=O)c4[nH]c5cc(C(=O)N6CCOCC6)ccc5c4n3)cc2)CC1. The molecule has 3 N–H and O–H groups in total. The highest BCUT2D eigenvalue weighted by Crippen LogP contribution is 2.31. The van der Waals surface area contributed by atoms with Crippen molar-refractivity contribution in [3.05, 3.63) is 59.7 Å². The number of carbonyl (C=O) groups is 2. The second kappa shape index (κ2) is 9.49. The lowest BCUT2D eigenvalue weighted by atomic mass is 10.1. The van der Waals surface area contributed by atoms with Crippen molar-refractivity contribution in [2.75, 3.05) is 64.4 Å². The van der Waals surface area contributed by atoms with Crippen molar-refractivity contribution >= 4 is 39.4 Å². The van der Waals surface area contributed by atoms with Gasteiger partial charge in [-0.1, -0.05) is 12.1 Å². The number of fused-ring (bicyclic) bond motifs is 3. The summed E-state index contributed by atoms with van der Waals surface area (Å²) in [5.41, 5.74) is 11.5. The number of piperazine rings is 1. The normalized spacial score (nSPS) is 17.0. The fraction of sp³-hybridized carbons (Fsp3) is 0.321. The van der Waals surface area contributed by atoms with Gasteiger partial charge in [0.1, 0.15) is 0 Å². The van der Waals surface area contributed by atoms with Gasteiger partial charge in [-0.25, -0.2) is 4.98 Å². The number of benzene rings is 2. The number of nitrogens with zero attached hydrogens (tertiary/aromatic N) is 4. The zero-order valence-electron chi connectivity index (χ0n) is 20.9. The Hall–Kier alpha value is -3.95. The molecule has 0 aliphatic carbocycles. The van der Waals surface area contributed by atoms with Gasteiger partial charge in [-0.2, -0.15) is 0 Å². The van der Waals surface area contributed by atoms with Gasteiger partial charge in [0.15, 0.2) is 0 Å². The monoisotopic (exact) mass is 498 g/mol. The number of carbonyl (C=O) groups excluding carboxylic acids is 2. The van der Waals surface area contributed by atoms with E-state index in [4.69, 9.17) is 15.5 Å². The van der Waals surface area contributed by atoms with Crippen LogP contribution in [0.15, 0.2) is 48.5 Å². The maximum Gasteiger partial charge on any atom is 0.254 e. The Morgan fingerprint density at radius 1 is 0.946 bits per heavy atom. The minimum atomic E-state index is -0.529. The second-order valence-electron chi connectivity index (χ2n) is 9.77. The molecule has 0 atom stereocenters. The molecule has 2 aromatic carbocycles. The molecule has 190 valence electrons. The number of rotatable bonds is 4. The van der Waals surface area contributed by atoms with E-state index >= 15 is 0 Å². The summed E-state index contributed by atoms with van der Waals surface area (Å²) in [6, 6.07) is 15.6. The summed E-state index contributed by atoms with van der Waals surface area (Å²) in [5.74, 6) is -0.563. The Labute approximate surface area is 214 Å². The molecule has 2 amide bonds. The Morgan fingerprint density at radius 2 is 1.68 bits per heavy atom. The quantitative estimate of drug-likeness (QED) is 0.448. The van der Waals surface area contributed by atoms with Crippen LogP contribution in [0.4, 0.5) is 5.69 Å². The second-order valence-corrected chi connectivity index (χ2v) is 9.77. The van der Waals surface area contributed by atoms with Crippen molar-refractivity contribution in [2.24, 2.45) is 5.73 Å². The van der Waals surface area contributed by atoms with Crippen LogP contribution >= 0.6 is 0 Å². The lowest BCUT2D eigenvalue weighted by molar-refractivity contribution is 0.0303. The zero-order chi connectivity index (χ0) is 25.5. The molecule has 0 bridgehead atoms. The molecular weight excluding hydrogens is 468 g/mol. The fourth-order valence-corrected chi connectivity index (χ4v) is 5.19. The van der Waals surface area contributed by atoms with Gasteiger partial charge in [-0.05, 0) is 43.4 Å². The van der Waals surface area contributed by atoms with E-state index < -0.39 is 5.91 Å². The summed E-state index contributed by atoms with van der Waals surface area (Å²) in [4.78, 5) is 40.1. The lowest BCUT2D eigenvalue weighted by Gasteiger charge is -2.34. The van der Waals surface area contributed by atoms with Crippen molar-refractivity contribution in [3.8, 4) is 11.3 Å². The zero-order valence-corrected chi connectivity index (χ0v) is 20.9. The molecule has 2 fully saturated rings. The predicted molar refractivity (Wildman–Crippen MR) is 144 cm³/mol. The number of pyridine rings is 1. The molecule has 37 heavy (non-hydrogen) atoms. The molecule has 2 aromatic heterocycles. The fourth-order valence-electron chi connectivity index (χ4n) is 5.19. The van der Waals surface area contributed by atoms with E-state index in [0.29, 0.717) is 54.2 Å². The summed E-state index contributed by atoms with van der Waals surface area (Å²) in [6.45, 7) is 6.33. The first-order valence-electron chi connectivity index (χ1n) is 12.7. The van der Waals surface area contributed by atoms with Crippen LogP contribution in [0.3, 0.4) is 0 Å². The topological polar surface area (TPSA) is 108 Å². The Kier molecular flexibility index (Phi) is 6.02. The van der Waals surface area contributed by atoms with Crippen LogP contribution in [0.2, 0.25) is 0 Å². The number of aromatic nitrogens is 2. The van der Waals surface area contributed by atoms with Gasteiger partial charge in [-0.15, -0.1) is 0 Å². The van der Waals surface area contributed by atoms with E-state index in [2.05, 4.69) is 34.0 Å². The molecule has 4 aromatic rings. The van der Waals surface area contributed by atoms with Gasteiger partial charge in [0.25, 0.3) is 11.8 Å². The summed E-state index contributed by atoms with van der Waals surface area (Å²) >= 11 is 0. The highest BCUT2D eigenvalue weighted by atomic mass is 16.5. The van der Waals surface area contributed by atoms with Crippen LogP contribution in [-0.4, -0.2) is 91.1 Å². The van der Waals surface area contributed by atoms with Gasteiger partial charge in [0, 0.05) is 67.0 Å². The molecular formula is C28H30N6O3. The maximum atomic E-state index is 13.0. The Balaban J connectivity index is 1.37.